The Labute approximate surface area is 145 Å². The lowest BCUT2D eigenvalue weighted by Crippen LogP contribution is -2.56. The monoisotopic (exact) mass is 375 g/mol. The topological polar surface area (TPSA) is 65.9 Å². The molecule has 1 atom stereocenters. The maximum absolute atomic E-state index is 12.9. The highest BCUT2D eigenvalue weighted by Gasteiger charge is 2.33. The van der Waals surface area contributed by atoms with Crippen molar-refractivity contribution in [1.29, 1.82) is 0 Å². The van der Waals surface area contributed by atoms with E-state index in [9.17, 15) is 18.0 Å². The Kier molecular flexibility index (Phi) is 4.74. The van der Waals surface area contributed by atoms with Crippen molar-refractivity contribution in [2.24, 2.45) is 0 Å². The first kappa shape index (κ1) is 17.7. The number of carbonyl (C=O) groups is 1. The number of carboxylic acid groups (broad SMARTS) is 1. The van der Waals surface area contributed by atoms with Crippen molar-refractivity contribution in [3.8, 4) is 0 Å². The molecule has 0 bridgehead atoms. The van der Waals surface area contributed by atoms with Crippen molar-refractivity contribution in [3.05, 3.63) is 23.8 Å². The van der Waals surface area contributed by atoms with Crippen molar-refractivity contribution in [3.63, 3.8) is 0 Å². The van der Waals surface area contributed by atoms with Gasteiger partial charge in [0.05, 0.1) is 28.4 Å². The molecule has 1 aromatic heterocycles. The molecule has 2 heterocycles. The van der Waals surface area contributed by atoms with Gasteiger partial charge in [-0.1, -0.05) is 11.3 Å². The van der Waals surface area contributed by atoms with Crippen molar-refractivity contribution in [2.75, 3.05) is 38.3 Å². The highest BCUT2D eigenvalue weighted by molar-refractivity contribution is 7.22. The van der Waals surface area contributed by atoms with Crippen LogP contribution in [0.15, 0.2) is 18.2 Å². The van der Waals surface area contributed by atoms with E-state index >= 15 is 0 Å². The van der Waals surface area contributed by atoms with E-state index in [2.05, 4.69) is 4.98 Å². The third kappa shape index (κ3) is 3.64. The van der Waals surface area contributed by atoms with E-state index in [1.165, 1.54) is 29.4 Å². The molecule has 0 radical (unpaired) electrons. The highest BCUT2D eigenvalue weighted by Crippen LogP contribution is 2.36. The Morgan fingerprint density at radius 1 is 1.44 bits per heavy atom. The fourth-order valence-corrected chi connectivity index (χ4v) is 3.93. The van der Waals surface area contributed by atoms with Crippen LogP contribution in [0.25, 0.3) is 10.2 Å². The van der Waals surface area contributed by atoms with E-state index < -0.39 is 17.8 Å². The summed E-state index contributed by atoms with van der Waals surface area (Å²) in [6.45, 7) is 1.27. The lowest BCUT2D eigenvalue weighted by atomic mass is 10.2. The SMILES string of the molecule is COC[C@@H]1CN(C(=O)O)CCN1c1nc2ccc(C(F)(F)F)cc2s1. The maximum Gasteiger partial charge on any atom is 0.416 e. The summed E-state index contributed by atoms with van der Waals surface area (Å²) in [6.07, 6.45) is -5.40. The van der Waals surface area contributed by atoms with E-state index in [1.807, 2.05) is 4.90 Å². The average Bonchev–Trinajstić information content (AvgIpc) is 2.97. The Morgan fingerprint density at radius 3 is 2.84 bits per heavy atom. The molecular formula is C15H16F3N3O3S. The van der Waals surface area contributed by atoms with Crippen LogP contribution in [0, 0.1) is 0 Å². The molecule has 0 unspecified atom stereocenters. The first-order chi connectivity index (χ1) is 11.8. The molecule has 2 aromatic rings. The van der Waals surface area contributed by atoms with Gasteiger partial charge in [0.1, 0.15) is 0 Å². The van der Waals surface area contributed by atoms with Crippen LogP contribution >= 0.6 is 11.3 Å². The quantitative estimate of drug-likeness (QED) is 0.893. The van der Waals surface area contributed by atoms with E-state index in [0.717, 1.165) is 12.1 Å². The predicted molar refractivity (Wildman–Crippen MR) is 87.2 cm³/mol. The van der Waals surface area contributed by atoms with Crippen molar-refractivity contribution in [2.45, 2.75) is 12.2 Å². The summed E-state index contributed by atoms with van der Waals surface area (Å²) in [7, 11) is 1.52. The number of amides is 1. The van der Waals surface area contributed by atoms with Crippen LogP contribution in [0.3, 0.4) is 0 Å². The van der Waals surface area contributed by atoms with Gasteiger partial charge in [-0.15, -0.1) is 0 Å². The minimum absolute atomic E-state index is 0.238. The molecule has 1 aliphatic rings. The van der Waals surface area contributed by atoms with Gasteiger partial charge in [-0.25, -0.2) is 9.78 Å². The highest BCUT2D eigenvalue weighted by atomic mass is 32.1. The lowest BCUT2D eigenvalue weighted by Gasteiger charge is -2.39. The maximum atomic E-state index is 12.9. The smallest absolute Gasteiger partial charge is 0.416 e. The number of nitrogens with zero attached hydrogens (tertiary/aromatic N) is 3. The van der Waals surface area contributed by atoms with E-state index in [-0.39, 0.29) is 12.6 Å². The molecule has 1 aliphatic heterocycles. The van der Waals surface area contributed by atoms with Gasteiger partial charge in [-0.2, -0.15) is 13.2 Å². The summed E-state index contributed by atoms with van der Waals surface area (Å²) in [5.74, 6) is 0. The van der Waals surface area contributed by atoms with Gasteiger partial charge >= 0.3 is 12.3 Å². The van der Waals surface area contributed by atoms with Crippen LogP contribution in [-0.2, 0) is 10.9 Å². The number of anilines is 1. The number of hydrogen-bond acceptors (Lipinski definition) is 5. The first-order valence-corrected chi connectivity index (χ1v) is 8.32. The Morgan fingerprint density at radius 2 is 2.20 bits per heavy atom. The first-order valence-electron chi connectivity index (χ1n) is 7.51. The minimum atomic E-state index is -4.40. The molecule has 0 saturated carbocycles. The third-order valence-corrected chi connectivity index (χ3v) is 5.12. The largest absolute Gasteiger partial charge is 0.465 e. The van der Waals surface area contributed by atoms with Gasteiger partial charge in [0.2, 0.25) is 0 Å². The number of aromatic nitrogens is 1. The number of methoxy groups -OCH3 is 1. The Bertz CT molecular complexity index is 780. The van der Waals surface area contributed by atoms with Crippen LogP contribution in [0.1, 0.15) is 5.56 Å². The van der Waals surface area contributed by atoms with E-state index in [0.29, 0.717) is 35.0 Å². The molecular weight excluding hydrogens is 359 g/mol. The predicted octanol–water partition coefficient (Wildman–Crippen LogP) is 3.13. The number of benzene rings is 1. The summed E-state index contributed by atoms with van der Waals surface area (Å²) in [4.78, 5) is 18.8. The molecule has 1 fully saturated rings. The fourth-order valence-electron chi connectivity index (χ4n) is 2.83. The molecule has 25 heavy (non-hydrogen) atoms. The molecule has 1 saturated heterocycles. The fraction of sp³-hybridized carbons (Fsp3) is 0.467. The molecule has 3 rings (SSSR count). The summed E-state index contributed by atoms with van der Waals surface area (Å²) in [6, 6.07) is 3.23. The normalized spacial score (nSPS) is 18.8. The number of hydrogen-bond donors (Lipinski definition) is 1. The van der Waals surface area contributed by atoms with Gasteiger partial charge in [-0.05, 0) is 18.2 Å². The zero-order valence-electron chi connectivity index (χ0n) is 13.3. The number of piperazine rings is 1. The molecule has 6 nitrogen and oxygen atoms in total. The summed E-state index contributed by atoms with van der Waals surface area (Å²) < 4.78 is 44.2. The number of thiazole rings is 1. The minimum Gasteiger partial charge on any atom is -0.465 e. The zero-order valence-corrected chi connectivity index (χ0v) is 14.1. The van der Waals surface area contributed by atoms with Crippen molar-refractivity contribution in [1.82, 2.24) is 9.88 Å². The molecule has 0 aliphatic carbocycles. The van der Waals surface area contributed by atoms with Gasteiger partial charge < -0.3 is 19.6 Å². The van der Waals surface area contributed by atoms with Crippen LogP contribution in [0.4, 0.5) is 23.1 Å². The van der Waals surface area contributed by atoms with Crippen LogP contribution in [-0.4, -0.2) is 60.5 Å². The second-order valence-corrected chi connectivity index (χ2v) is 6.72. The molecule has 1 N–H and O–H groups in total. The van der Waals surface area contributed by atoms with E-state index in [4.69, 9.17) is 9.84 Å². The number of ether oxygens (including phenoxy) is 1. The molecule has 136 valence electrons. The zero-order chi connectivity index (χ0) is 18.2. The third-order valence-electron chi connectivity index (χ3n) is 4.06. The van der Waals surface area contributed by atoms with E-state index in [1.54, 1.807) is 0 Å². The molecule has 1 aromatic carbocycles. The van der Waals surface area contributed by atoms with Crippen molar-refractivity contribution >= 4 is 32.8 Å². The standard InChI is InChI=1S/C15H16F3N3O3S/c1-24-8-10-7-20(14(22)23)4-5-21(10)13-19-11-3-2-9(15(16,17)18)6-12(11)25-13/h2-3,6,10H,4-5,7-8H2,1H3,(H,22,23)/t10-/m0/s1. The van der Waals surface area contributed by atoms with Gasteiger partial charge in [-0.3, -0.25) is 0 Å². The summed E-state index contributed by atoms with van der Waals surface area (Å²) in [5.41, 5.74) is -0.218. The number of alkyl halides is 3. The number of fused-ring (bicyclic) bond motifs is 1. The van der Waals surface area contributed by atoms with Crippen LogP contribution in [0.5, 0.6) is 0 Å². The Hall–Kier alpha value is -2.07. The van der Waals surface area contributed by atoms with Gasteiger partial charge in [0.25, 0.3) is 0 Å². The lowest BCUT2D eigenvalue weighted by molar-refractivity contribution is -0.137. The second kappa shape index (κ2) is 6.68. The summed E-state index contributed by atoms with van der Waals surface area (Å²) in [5, 5.41) is 9.72. The average molecular weight is 375 g/mol. The van der Waals surface area contributed by atoms with Crippen LogP contribution in [0.2, 0.25) is 0 Å². The summed E-state index contributed by atoms with van der Waals surface area (Å²) >= 11 is 1.17. The number of rotatable bonds is 3. The van der Waals surface area contributed by atoms with Gasteiger partial charge in [0, 0.05) is 26.7 Å². The molecule has 10 heteroatoms. The van der Waals surface area contributed by atoms with Gasteiger partial charge in [0.15, 0.2) is 5.13 Å². The Balaban J connectivity index is 1.90. The van der Waals surface area contributed by atoms with Crippen molar-refractivity contribution < 1.29 is 27.8 Å². The molecule has 1 amide bonds. The molecule has 0 spiro atoms. The van der Waals surface area contributed by atoms with Crippen LogP contribution < -0.4 is 4.90 Å². The number of halogens is 3. The second-order valence-electron chi connectivity index (χ2n) is 5.71.